The lowest BCUT2D eigenvalue weighted by atomic mass is 9.98. The van der Waals surface area contributed by atoms with Gasteiger partial charge in [-0.25, -0.2) is 14.8 Å². The van der Waals surface area contributed by atoms with Gasteiger partial charge in [0.1, 0.15) is 18.0 Å². The molecule has 234 valence electrons. The smallest absolute Gasteiger partial charge is 0.334 e. The molecule has 2 fully saturated rings. The third-order valence-electron chi connectivity index (χ3n) is 7.83. The predicted octanol–water partition coefficient (Wildman–Crippen LogP) is 2.74. The molecular formula is C33H37N7O5. The maximum Gasteiger partial charge on any atom is 0.334 e. The summed E-state index contributed by atoms with van der Waals surface area (Å²) in [6, 6.07) is 18.1. The fraction of sp³-hybridized carbons (Fsp3) is 0.303. The van der Waals surface area contributed by atoms with Gasteiger partial charge in [0, 0.05) is 50.6 Å². The highest BCUT2D eigenvalue weighted by molar-refractivity contribution is 5.92. The van der Waals surface area contributed by atoms with Crippen LogP contribution in [0.5, 0.6) is 5.75 Å². The number of piperazine rings is 1. The molecule has 0 saturated carbocycles. The van der Waals surface area contributed by atoms with Crippen molar-refractivity contribution < 1.29 is 24.3 Å². The van der Waals surface area contributed by atoms with Gasteiger partial charge in [-0.2, -0.15) is 0 Å². The van der Waals surface area contributed by atoms with Crippen molar-refractivity contribution in [2.75, 3.05) is 31.5 Å². The number of fused-ring (bicyclic) bond motifs is 1. The van der Waals surface area contributed by atoms with Crippen LogP contribution in [0, 0.1) is 0 Å². The van der Waals surface area contributed by atoms with Crippen LogP contribution in [0.4, 0.5) is 10.5 Å². The molecule has 0 spiro atoms. The third kappa shape index (κ3) is 7.65. The van der Waals surface area contributed by atoms with Gasteiger partial charge in [-0.05, 0) is 41.8 Å². The van der Waals surface area contributed by atoms with Gasteiger partial charge in [0.05, 0.1) is 13.1 Å². The van der Waals surface area contributed by atoms with Crippen molar-refractivity contribution in [2.24, 2.45) is 0 Å². The number of hydrogen-bond acceptors (Lipinski definition) is 7. The zero-order valence-corrected chi connectivity index (χ0v) is 24.9. The number of rotatable bonds is 11. The Bertz CT molecular complexity index is 1500. The second-order valence-corrected chi connectivity index (χ2v) is 11.0. The van der Waals surface area contributed by atoms with E-state index in [0.717, 1.165) is 11.1 Å². The Hall–Kier alpha value is -5.23. The van der Waals surface area contributed by atoms with Gasteiger partial charge in [0.25, 0.3) is 0 Å². The van der Waals surface area contributed by atoms with Crippen LogP contribution in [0.2, 0.25) is 0 Å². The summed E-state index contributed by atoms with van der Waals surface area (Å²) in [5.41, 5.74) is 2.31. The summed E-state index contributed by atoms with van der Waals surface area (Å²) in [6.45, 7) is 4.58. The summed E-state index contributed by atoms with van der Waals surface area (Å²) < 4.78 is 0. The maximum absolute atomic E-state index is 14.0. The van der Waals surface area contributed by atoms with Gasteiger partial charge >= 0.3 is 6.03 Å². The molecule has 5 rings (SSSR count). The van der Waals surface area contributed by atoms with Gasteiger partial charge in [0.2, 0.25) is 17.7 Å². The number of amides is 5. The van der Waals surface area contributed by atoms with Gasteiger partial charge in [0.15, 0.2) is 0 Å². The Kier molecular flexibility index (Phi) is 10.1. The number of carbonyl (C=O) groups is 4. The first-order valence-electron chi connectivity index (χ1n) is 14.9. The van der Waals surface area contributed by atoms with Crippen LogP contribution in [0.25, 0.3) is 0 Å². The molecular weight excluding hydrogens is 574 g/mol. The number of hydrogen-bond donors (Lipinski definition) is 3. The average Bonchev–Trinajstić information content (AvgIpc) is 3.04. The molecule has 2 atom stereocenters. The van der Waals surface area contributed by atoms with Crippen LogP contribution >= 0.6 is 0 Å². The monoisotopic (exact) mass is 611 g/mol. The standard InChI is InChI=1S/C33H37N7O5/c1-2-18-38-23-31(43)39-28(20-24-10-12-27(41)13-11-24)32(44)37(19-6-9-29(42)36-26-14-16-34-17-15-26)22-30(39)40(38)33(45)35-21-25-7-4-3-5-8-25/h2-5,7-8,10-17,28,30,41H,1,6,9,18-23H2,(H,35,45)(H,34,36,42)/t28-,30-/m0/s1. The molecule has 3 N–H and O–H groups in total. The van der Waals surface area contributed by atoms with E-state index in [4.69, 9.17) is 0 Å². The molecule has 5 amide bonds. The van der Waals surface area contributed by atoms with E-state index in [1.54, 1.807) is 52.6 Å². The number of anilines is 1. The third-order valence-corrected chi connectivity index (χ3v) is 7.83. The summed E-state index contributed by atoms with van der Waals surface area (Å²) in [7, 11) is 0. The van der Waals surface area contributed by atoms with E-state index >= 15 is 0 Å². The molecule has 0 radical (unpaired) electrons. The number of pyridine rings is 1. The van der Waals surface area contributed by atoms with Crippen LogP contribution < -0.4 is 10.6 Å². The highest BCUT2D eigenvalue weighted by Gasteiger charge is 2.51. The summed E-state index contributed by atoms with van der Waals surface area (Å²) >= 11 is 0. The molecule has 12 heteroatoms. The number of carbonyl (C=O) groups excluding carboxylic acids is 4. The molecule has 0 aliphatic carbocycles. The van der Waals surface area contributed by atoms with Crippen LogP contribution in [-0.2, 0) is 27.3 Å². The summed E-state index contributed by atoms with van der Waals surface area (Å²) in [4.78, 5) is 61.2. The lowest BCUT2D eigenvalue weighted by Crippen LogP contribution is -2.76. The fourth-order valence-electron chi connectivity index (χ4n) is 5.70. The zero-order valence-electron chi connectivity index (χ0n) is 24.9. The predicted molar refractivity (Wildman–Crippen MR) is 167 cm³/mol. The quantitative estimate of drug-likeness (QED) is 0.284. The molecule has 1 aromatic heterocycles. The van der Waals surface area contributed by atoms with Crippen LogP contribution in [0.3, 0.4) is 0 Å². The fourth-order valence-corrected chi connectivity index (χ4v) is 5.70. The Balaban J connectivity index is 1.38. The van der Waals surface area contributed by atoms with E-state index in [-0.39, 0.29) is 69.0 Å². The Morgan fingerprint density at radius 2 is 1.73 bits per heavy atom. The van der Waals surface area contributed by atoms with E-state index in [0.29, 0.717) is 12.1 Å². The van der Waals surface area contributed by atoms with Gasteiger partial charge in [-0.3, -0.25) is 19.4 Å². The number of urea groups is 1. The van der Waals surface area contributed by atoms with Gasteiger partial charge < -0.3 is 25.5 Å². The number of aromatic hydroxyl groups is 1. The Labute approximate surface area is 261 Å². The summed E-state index contributed by atoms with van der Waals surface area (Å²) in [6.07, 6.45) is 4.77. The molecule has 0 unspecified atom stereocenters. The second-order valence-electron chi connectivity index (χ2n) is 11.0. The van der Waals surface area contributed by atoms with Crippen molar-refractivity contribution in [1.82, 2.24) is 30.1 Å². The number of phenolic OH excluding ortho intramolecular Hbond substituents is 1. The van der Waals surface area contributed by atoms with E-state index < -0.39 is 18.2 Å². The first kappa shape index (κ1) is 31.2. The van der Waals surface area contributed by atoms with Crippen molar-refractivity contribution in [1.29, 1.82) is 0 Å². The van der Waals surface area contributed by atoms with E-state index in [9.17, 15) is 24.3 Å². The molecule has 12 nitrogen and oxygen atoms in total. The first-order chi connectivity index (χ1) is 21.8. The minimum atomic E-state index is -0.887. The molecule has 3 heterocycles. The number of aromatic nitrogens is 1. The van der Waals surface area contributed by atoms with Crippen molar-refractivity contribution >= 4 is 29.4 Å². The Morgan fingerprint density at radius 3 is 2.44 bits per heavy atom. The van der Waals surface area contributed by atoms with Gasteiger partial charge in [-0.15, -0.1) is 6.58 Å². The lowest BCUT2D eigenvalue weighted by molar-refractivity contribution is -0.189. The molecule has 45 heavy (non-hydrogen) atoms. The zero-order chi connectivity index (χ0) is 31.8. The number of nitrogens with zero attached hydrogens (tertiary/aromatic N) is 5. The average molecular weight is 612 g/mol. The van der Waals surface area contributed by atoms with Crippen LogP contribution in [-0.4, -0.2) is 92.0 Å². The van der Waals surface area contributed by atoms with Crippen LogP contribution in [0.15, 0.2) is 91.8 Å². The number of nitrogens with one attached hydrogen (secondary N) is 2. The summed E-state index contributed by atoms with van der Waals surface area (Å²) in [5.74, 6) is -0.639. The van der Waals surface area contributed by atoms with Gasteiger partial charge in [-0.1, -0.05) is 48.5 Å². The van der Waals surface area contributed by atoms with Crippen molar-refractivity contribution in [3.63, 3.8) is 0 Å². The molecule has 2 saturated heterocycles. The summed E-state index contributed by atoms with van der Waals surface area (Å²) in [5, 5.41) is 18.7. The lowest BCUT2D eigenvalue weighted by Gasteiger charge is -2.55. The molecule has 0 bridgehead atoms. The molecule has 2 aliphatic heterocycles. The Morgan fingerprint density at radius 1 is 1.00 bits per heavy atom. The van der Waals surface area contributed by atoms with Crippen molar-refractivity contribution in [3.05, 3.63) is 103 Å². The van der Waals surface area contributed by atoms with E-state index in [2.05, 4.69) is 22.2 Å². The van der Waals surface area contributed by atoms with Crippen molar-refractivity contribution in [3.8, 4) is 5.75 Å². The largest absolute Gasteiger partial charge is 0.508 e. The SMILES string of the molecule is C=CCN1CC(=O)N2[C@@H](Cc3ccc(O)cc3)C(=O)N(CCCC(=O)Nc3ccncc3)C[C@@H]2N1C(=O)NCc1ccccc1. The number of hydrazine groups is 1. The van der Waals surface area contributed by atoms with E-state index in [1.165, 1.54) is 22.0 Å². The number of phenols is 1. The normalized spacial score (nSPS) is 18.4. The highest BCUT2D eigenvalue weighted by Crippen LogP contribution is 2.29. The first-order valence-corrected chi connectivity index (χ1v) is 14.9. The molecule has 2 aromatic carbocycles. The topological polar surface area (TPSA) is 138 Å². The van der Waals surface area contributed by atoms with Crippen LogP contribution in [0.1, 0.15) is 24.0 Å². The molecule has 2 aliphatic rings. The maximum atomic E-state index is 14.0. The second kappa shape index (κ2) is 14.5. The molecule has 3 aromatic rings. The minimum Gasteiger partial charge on any atom is -0.508 e. The number of benzene rings is 2. The minimum absolute atomic E-state index is 0.0784. The highest BCUT2D eigenvalue weighted by atomic mass is 16.3. The van der Waals surface area contributed by atoms with Crippen molar-refractivity contribution in [2.45, 2.75) is 38.0 Å². The van der Waals surface area contributed by atoms with E-state index in [1.807, 2.05) is 30.3 Å².